The number of benzene rings is 1. The molecular formula is C12H15NO2. The molecule has 15 heavy (non-hydrogen) atoms. The Balaban J connectivity index is 2.14. The van der Waals surface area contributed by atoms with Crippen LogP contribution in [0.5, 0.6) is 0 Å². The molecule has 1 heterocycles. The topological polar surface area (TPSA) is 29.5 Å². The van der Waals surface area contributed by atoms with Crippen LogP contribution in [0.2, 0.25) is 0 Å². The van der Waals surface area contributed by atoms with Gasteiger partial charge in [-0.1, -0.05) is 30.3 Å². The monoisotopic (exact) mass is 205 g/mol. The molecule has 1 aliphatic rings. The molecule has 80 valence electrons. The zero-order chi connectivity index (χ0) is 10.5. The third-order valence-electron chi connectivity index (χ3n) is 2.73. The summed E-state index contributed by atoms with van der Waals surface area (Å²) in [4.78, 5) is 12.7. The molecule has 1 atom stereocenters. The zero-order valence-electron chi connectivity index (χ0n) is 8.63. The van der Waals surface area contributed by atoms with Gasteiger partial charge in [-0.25, -0.2) is 0 Å². The van der Waals surface area contributed by atoms with E-state index in [1.165, 1.54) is 5.56 Å². The van der Waals surface area contributed by atoms with Crippen LogP contribution in [-0.2, 0) is 9.53 Å². The molecule has 2 rings (SSSR count). The summed E-state index contributed by atoms with van der Waals surface area (Å²) in [6.45, 7) is 2.72. The Morgan fingerprint density at radius 2 is 2.20 bits per heavy atom. The molecule has 0 N–H and O–H groups in total. The smallest absolute Gasteiger partial charge is 0.134 e. The van der Waals surface area contributed by atoms with Crippen LogP contribution >= 0.6 is 0 Å². The fourth-order valence-corrected chi connectivity index (χ4v) is 1.93. The standard InChI is InChI=1S/C12H15NO2/c14-8-6-13-7-9-15-10-12(13)11-4-2-1-3-5-11/h1-5,8,12H,6-7,9-10H2. The molecule has 1 aromatic carbocycles. The summed E-state index contributed by atoms with van der Waals surface area (Å²) in [6, 6.07) is 10.4. The van der Waals surface area contributed by atoms with Crippen LogP contribution in [0.4, 0.5) is 0 Å². The lowest BCUT2D eigenvalue weighted by atomic mass is 10.1. The predicted molar refractivity (Wildman–Crippen MR) is 57.6 cm³/mol. The van der Waals surface area contributed by atoms with Crippen molar-refractivity contribution in [2.45, 2.75) is 6.04 Å². The SMILES string of the molecule is O=CCN1CCOCC1c1ccccc1. The highest BCUT2D eigenvalue weighted by molar-refractivity contribution is 5.52. The number of carbonyl (C=O) groups excluding carboxylic acids is 1. The second kappa shape index (κ2) is 5.05. The Kier molecular flexibility index (Phi) is 3.48. The minimum atomic E-state index is 0.227. The van der Waals surface area contributed by atoms with E-state index in [1.807, 2.05) is 18.2 Å². The number of ether oxygens (including phenoxy) is 1. The number of morpholine rings is 1. The number of nitrogens with zero attached hydrogens (tertiary/aromatic N) is 1. The van der Waals surface area contributed by atoms with Gasteiger partial charge in [0.1, 0.15) is 6.29 Å². The van der Waals surface area contributed by atoms with Crippen molar-refractivity contribution in [3.05, 3.63) is 35.9 Å². The number of carbonyl (C=O) groups is 1. The van der Waals surface area contributed by atoms with Gasteiger partial charge in [-0.3, -0.25) is 4.90 Å². The molecule has 0 saturated carbocycles. The first-order valence-corrected chi connectivity index (χ1v) is 5.22. The Morgan fingerprint density at radius 1 is 1.40 bits per heavy atom. The van der Waals surface area contributed by atoms with Gasteiger partial charge in [-0.15, -0.1) is 0 Å². The summed E-state index contributed by atoms with van der Waals surface area (Å²) in [5.74, 6) is 0. The zero-order valence-corrected chi connectivity index (χ0v) is 8.63. The summed E-state index contributed by atoms with van der Waals surface area (Å²) in [5, 5.41) is 0. The molecular weight excluding hydrogens is 190 g/mol. The highest BCUT2D eigenvalue weighted by atomic mass is 16.5. The van der Waals surface area contributed by atoms with Crippen molar-refractivity contribution < 1.29 is 9.53 Å². The van der Waals surface area contributed by atoms with E-state index in [4.69, 9.17) is 4.74 Å². The van der Waals surface area contributed by atoms with Crippen molar-refractivity contribution in [2.75, 3.05) is 26.3 Å². The summed E-state index contributed by atoms with van der Waals surface area (Å²) < 4.78 is 5.46. The summed E-state index contributed by atoms with van der Waals surface area (Å²) in [7, 11) is 0. The van der Waals surface area contributed by atoms with Crippen molar-refractivity contribution in [3.8, 4) is 0 Å². The predicted octanol–water partition coefficient (Wildman–Crippen LogP) is 1.26. The number of hydrogen-bond acceptors (Lipinski definition) is 3. The Morgan fingerprint density at radius 3 is 2.93 bits per heavy atom. The molecule has 0 spiro atoms. The van der Waals surface area contributed by atoms with E-state index in [9.17, 15) is 4.79 Å². The van der Waals surface area contributed by atoms with Crippen LogP contribution in [0.1, 0.15) is 11.6 Å². The Hall–Kier alpha value is -1.19. The van der Waals surface area contributed by atoms with Crippen LogP contribution in [0, 0.1) is 0 Å². The molecule has 0 radical (unpaired) electrons. The van der Waals surface area contributed by atoms with Gasteiger partial charge in [0.15, 0.2) is 0 Å². The van der Waals surface area contributed by atoms with Gasteiger partial charge in [0.2, 0.25) is 0 Å². The van der Waals surface area contributed by atoms with Crippen molar-refractivity contribution in [2.24, 2.45) is 0 Å². The minimum Gasteiger partial charge on any atom is -0.378 e. The van der Waals surface area contributed by atoms with Gasteiger partial charge < -0.3 is 9.53 Å². The second-order valence-corrected chi connectivity index (χ2v) is 3.66. The highest BCUT2D eigenvalue weighted by Crippen LogP contribution is 2.22. The van der Waals surface area contributed by atoms with Crippen molar-refractivity contribution in [3.63, 3.8) is 0 Å². The second-order valence-electron chi connectivity index (χ2n) is 3.66. The molecule has 1 unspecified atom stereocenters. The third kappa shape index (κ3) is 2.43. The number of rotatable bonds is 3. The lowest BCUT2D eigenvalue weighted by Gasteiger charge is -2.34. The van der Waals surface area contributed by atoms with Crippen LogP contribution in [-0.4, -0.2) is 37.5 Å². The maximum Gasteiger partial charge on any atom is 0.134 e. The maximum absolute atomic E-state index is 10.6. The van der Waals surface area contributed by atoms with Crippen LogP contribution in [0.3, 0.4) is 0 Å². The lowest BCUT2D eigenvalue weighted by molar-refractivity contribution is -0.111. The number of aldehydes is 1. The molecule has 0 aliphatic carbocycles. The molecule has 0 aromatic heterocycles. The van der Waals surface area contributed by atoms with Crippen LogP contribution in [0.15, 0.2) is 30.3 Å². The molecule has 3 heteroatoms. The van der Waals surface area contributed by atoms with Crippen molar-refractivity contribution in [1.82, 2.24) is 4.90 Å². The molecule has 1 fully saturated rings. The summed E-state index contributed by atoms with van der Waals surface area (Å²) in [6.07, 6.45) is 0.960. The molecule has 0 amide bonds. The minimum absolute atomic E-state index is 0.227. The molecule has 3 nitrogen and oxygen atoms in total. The fraction of sp³-hybridized carbons (Fsp3) is 0.417. The third-order valence-corrected chi connectivity index (χ3v) is 2.73. The van der Waals surface area contributed by atoms with Crippen molar-refractivity contribution >= 4 is 6.29 Å². The fourth-order valence-electron chi connectivity index (χ4n) is 1.93. The van der Waals surface area contributed by atoms with Gasteiger partial charge in [0.05, 0.1) is 25.8 Å². The van der Waals surface area contributed by atoms with E-state index in [1.54, 1.807) is 0 Å². The lowest BCUT2D eigenvalue weighted by Crippen LogP contribution is -2.40. The molecule has 1 saturated heterocycles. The van der Waals surface area contributed by atoms with E-state index >= 15 is 0 Å². The Labute approximate surface area is 89.7 Å². The molecule has 1 aliphatic heterocycles. The van der Waals surface area contributed by atoms with E-state index in [0.29, 0.717) is 13.2 Å². The average molecular weight is 205 g/mol. The van der Waals surface area contributed by atoms with Crippen LogP contribution in [0.25, 0.3) is 0 Å². The van der Waals surface area contributed by atoms with Gasteiger partial charge in [0, 0.05) is 6.54 Å². The van der Waals surface area contributed by atoms with Gasteiger partial charge in [0.25, 0.3) is 0 Å². The maximum atomic E-state index is 10.6. The number of hydrogen-bond donors (Lipinski definition) is 0. The van der Waals surface area contributed by atoms with E-state index in [0.717, 1.165) is 19.4 Å². The quantitative estimate of drug-likeness (QED) is 0.696. The van der Waals surface area contributed by atoms with Crippen LogP contribution < -0.4 is 0 Å². The molecule has 1 aromatic rings. The highest BCUT2D eigenvalue weighted by Gasteiger charge is 2.23. The first kappa shape index (κ1) is 10.3. The van der Waals surface area contributed by atoms with Crippen molar-refractivity contribution in [1.29, 1.82) is 0 Å². The van der Waals surface area contributed by atoms with E-state index < -0.39 is 0 Å². The van der Waals surface area contributed by atoms with E-state index in [2.05, 4.69) is 17.0 Å². The van der Waals surface area contributed by atoms with Gasteiger partial charge >= 0.3 is 0 Å². The summed E-state index contributed by atoms with van der Waals surface area (Å²) in [5.41, 5.74) is 1.22. The summed E-state index contributed by atoms with van der Waals surface area (Å²) >= 11 is 0. The molecule has 0 bridgehead atoms. The first-order chi connectivity index (χ1) is 7.42. The van der Waals surface area contributed by atoms with Gasteiger partial charge in [-0.2, -0.15) is 0 Å². The Bertz CT molecular complexity index is 313. The first-order valence-electron chi connectivity index (χ1n) is 5.22. The largest absolute Gasteiger partial charge is 0.378 e. The normalized spacial score (nSPS) is 22.5. The average Bonchev–Trinajstić information content (AvgIpc) is 2.31. The van der Waals surface area contributed by atoms with Gasteiger partial charge in [-0.05, 0) is 5.56 Å². The van der Waals surface area contributed by atoms with E-state index in [-0.39, 0.29) is 6.04 Å².